The summed E-state index contributed by atoms with van der Waals surface area (Å²) in [6, 6.07) is 2.03. The van der Waals surface area contributed by atoms with Gasteiger partial charge >= 0.3 is 0 Å². The first-order chi connectivity index (χ1) is 8.25. The summed E-state index contributed by atoms with van der Waals surface area (Å²) in [7, 11) is 0. The van der Waals surface area contributed by atoms with Gasteiger partial charge in [-0.25, -0.2) is 4.98 Å². The summed E-state index contributed by atoms with van der Waals surface area (Å²) in [4.78, 5) is 19.6. The summed E-state index contributed by atoms with van der Waals surface area (Å²) in [5, 5.41) is 4.76. The van der Waals surface area contributed by atoms with Crippen LogP contribution in [0.1, 0.15) is 16.3 Å². The van der Waals surface area contributed by atoms with Gasteiger partial charge in [-0.1, -0.05) is 0 Å². The number of thiophene rings is 1. The molecule has 0 aliphatic carbocycles. The van der Waals surface area contributed by atoms with E-state index < -0.39 is 0 Å². The molecule has 17 heavy (non-hydrogen) atoms. The standard InChI is InChI=1S/C12H13N3OS/c1-9-4-7-17-10(9)2-3-12(16)15-8-11-13-5-6-14-11/h2-7H,8H2,1H3,(H,13,14)(H,15,16). The zero-order chi connectivity index (χ0) is 12.1. The molecule has 1 amide bonds. The summed E-state index contributed by atoms with van der Waals surface area (Å²) < 4.78 is 0. The van der Waals surface area contributed by atoms with Crippen LogP contribution in [0.3, 0.4) is 0 Å². The van der Waals surface area contributed by atoms with Gasteiger partial charge in [-0.2, -0.15) is 0 Å². The summed E-state index contributed by atoms with van der Waals surface area (Å²) in [6.45, 7) is 2.44. The Morgan fingerprint density at radius 3 is 3.18 bits per heavy atom. The lowest BCUT2D eigenvalue weighted by atomic mass is 10.3. The summed E-state index contributed by atoms with van der Waals surface area (Å²) in [5.74, 6) is 0.633. The van der Waals surface area contributed by atoms with E-state index in [4.69, 9.17) is 0 Å². The van der Waals surface area contributed by atoms with Crippen molar-refractivity contribution in [3.63, 3.8) is 0 Å². The van der Waals surface area contributed by atoms with E-state index in [-0.39, 0.29) is 5.91 Å². The minimum Gasteiger partial charge on any atom is -0.347 e. The number of aryl methyl sites for hydroxylation is 1. The smallest absolute Gasteiger partial charge is 0.244 e. The van der Waals surface area contributed by atoms with Crippen LogP contribution in [0.15, 0.2) is 29.9 Å². The van der Waals surface area contributed by atoms with Crippen LogP contribution < -0.4 is 5.32 Å². The average Bonchev–Trinajstić information content (AvgIpc) is 2.95. The minimum absolute atomic E-state index is 0.116. The molecule has 2 aromatic rings. The van der Waals surface area contributed by atoms with Gasteiger partial charge in [-0.15, -0.1) is 11.3 Å². The van der Waals surface area contributed by atoms with Crippen molar-refractivity contribution in [2.45, 2.75) is 13.5 Å². The molecule has 0 aliphatic heterocycles. The normalized spacial score (nSPS) is 10.9. The Kier molecular flexibility index (Phi) is 3.72. The lowest BCUT2D eigenvalue weighted by Gasteiger charge is -1.98. The van der Waals surface area contributed by atoms with Crippen LogP contribution in [0.25, 0.3) is 6.08 Å². The molecule has 2 rings (SSSR count). The van der Waals surface area contributed by atoms with Gasteiger partial charge < -0.3 is 10.3 Å². The van der Waals surface area contributed by atoms with E-state index in [1.165, 1.54) is 5.56 Å². The van der Waals surface area contributed by atoms with E-state index in [0.29, 0.717) is 6.54 Å². The fourth-order valence-corrected chi connectivity index (χ4v) is 2.15. The van der Waals surface area contributed by atoms with E-state index >= 15 is 0 Å². The number of nitrogens with zero attached hydrogens (tertiary/aromatic N) is 1. The van der Waals surface area contributed by atoms with Crippen LogP contribution in [-0.2, 0) is 11.3 Å². The monoisotopic (exact) mass is 247 g/mol. The number of nitrogens with one attached hydrogen (secondary N) is 2. The number of rotatable bonds is 4. The molecular weight excluding hydrogens is 234 g/mol. The zero-order valence-corrected chi connectivity index (χ0v) is 10.3. The first-order valence-electron chi connectivity index (χ1n) is 5.24. The number of hydrogen-bond acceptors (Lipinski definition) is 3. The predicted octanol–water partition coefficient (Wildman–Crippen LogP) is 2.11. The molecule has 0 aliphatic rings. The van der Waals surface area contributed by atoms with E-state index in [0.717, 1.165) is 10.7 Å². The van der Waals surface area contributed by atoms with Crippen LogP contribution in [0.5, 0.6) is 0 Å². The van der Waals surface area contributed by atoms with Gasteiger partial charge in [0, 0.05) is 23.3 Å². The Morgan fingerprint density at radius 2 is 2.53 bits per heavy atom. The van der Waals surface area contributed by atoms with Crippen molar-refractivity contribution in [3.05, 3.63) is 46.2 Å². The maximum absolute atomic E-state index is 11.5. The minimum atomic E-state index is -0.116. The van der Waals surface area contributed by atoms with Crippen LogP contribution in [-0.4, -0.2) is 15.9 Å². The lowest BCUT2D eigenvalue weighted by molar-refractivity contribution is -0.116. The molecule has 0 saturated carbocycles. The van der Waals surface area contributed by atoms with E-state index in [9.17, 15) is 4.79 Å². The van der Waals surface area contributed by atoms with Gasteiger partial charge in [0.05, 0.1) is 6.54 Å². The highest BCUT2D eigenvalue weighted by Gasteiger charge is 1.99. The zero-order valence-electron chi connectivity index (χ0n) is 9.43. The maximum Gasteiger partial charge on any atom is 0.244 e. The molecule has 88 valence electrons. The largest absolute Gasteiger partial charge is 0.347 e. The first kappa shape index (κ1) is 11.6. The van der Waals surface area contributed by atoms with Crippen LogP contribution in [0.4, 0.5) is 0 Å². The Bertz CT molecular complexity index is 514. The molecule has 2 aromatic heterocycles. The topological polar surface area (TPSA) is 57.8 Å². The number of aromatic nitrogens is 2. The highest BCUT2D eigenvalue weighted by Crippen LogP contribution is 2.16. The summed E-state index contributed by atoms with van der Waals surface area (Å²) in [5.41, 5.74) is 1.19. The van der Waals surface area contributed by atoms with Crippen molar-refractivity contribution in [1.82, 2.24) is 15.3 Å². The van der Waals surface area contributed by atoms with Crippen molar-refractivity contribution >= 4 is 23.3 Å². The molecule has 0 aromatic carbocycles. The number of aromatic amines is 1. The van der Waals surface area contributed by atoms with Crippen molar-refractivity contribution < 1.29 is 4.79 Å². The van der Waals surface area contributed by atoms with Gasteiger partial charge in [0.15, 0.2) is 0 Å². The van der Waals surface area contributed by atoms with E-state index in [1.54, 1.807) is 29.8 Å². The Morgan fingerprint density at radius 1 is 1.65 bits per heavy atom. The van der Waals surface area contributed by atoms with Gasteiger partial charge in [0.1, 0.15) is 5.82 Å². The third kappa shape index (κ3) is 3.29. The third-order valence-electron chi connectivity index (χ3n) is 2.27. The highest BCUT2D eigenvalue weighted by molar-refractivity contribution is 7.11. The molecule has 2 heterocycles. The van der Waals surface area contributed by atoms with Gasteiger partial charge in [-0.3, -0.25) is 4.79 Å². The van der Waals surface area contributed by atoms with Crippen molar-refractivity contribution in [2.75, 3.05) is 0 Å². The molecular formula is C12H13N3OS. The van der Waals surface area contributed by atoms with Crippen molar-refractivity contribution in [1.29, 1.82) is 0 Å². The SMILES string of the molecule is Cc1ccsc1C=CC(=O)NCc1ncc[nH]1. The van der Waals surface area contributed by atoms with Gasteiger partial charge in [0.2, 0.25) is 5.91 Å². The highest BCUT2D eigenvalue weighted by atomic mass is 32.1. The number of hydrogen-bond donors (Lipinski definition) is 2. The second kappa shape index (κ2) is 5.45. The fourth-order valence-electron chi connectivity index (χ4n) is 1.33. The molecule has 0 fully saturated rings. The quantitative estimate of drug-likeness (QED) is 0.813. The molecule has 0 unspecified atom stereocenters. The summed E-state index contributed by atoms with van der Waals surface area (Å²) in [6.07, 6.45) is 6.76. The summed E-state index contributed by atoms with van der Waals surface area (Å²) >= 11 is 1.62. The number of carbonyl (C=O) groups excluding carboxylic acids is 1. The predicted molar refractivity (Wildman–Crippen MR) is 68.5 cm³/mol. The van der Waals surface area contributed by atoms with Crippen LogP contribution in [0.2, 0.25) is 0 Å². The average molecular weight is 247 g/mol. The molecule has 2 N–H and O–H groups in total. The number of imidazole rings is 1. The maximum atomic E-state index is 11.5. The Labute approximate surface area is 103 Å². The van der Waals surface area contributed by atoms with Crippen molar-refractivity contribution in [2.24, 2.45) is 0 Å². The molecule has 0 saturated heterocycles. The molecule has 0 spiro atoms. The fraction of sp³-hybridized carbons (Fsp3) is 0.167. The first-order valence-corrected chi connectivity index (χ1v) is 6.12. The van der Waals surface area contributed by atoms with Crippen LogP contribution in [0, 0.1) is 6.92 Å². The number of amides is 1. The third-order valence-corrected chi connectivity index (χ3v) is 3.26. The molecule has 0 atom stereocenters. The lowest BCUT2D eigenvalue weighted by Crippen LogP contribution is -2.20. The number of H-pyrrole nitrogens is 1. The molecule has 0 bridgehead atoms. The van der Waals surface area contributed by atoms with Crippen molar-refractivity contribution in [3.8, 4) is 0 Å². The van der Waals surface area contributed by atoms with Gasteiger partial charge in [-0.05, 0) is 30.0 Å². The Balaban J connectivity index is 1.85. The van der Waals surface area contributed by atoms with Crippen LogP contribution >= 0.6 is 11.3 Å². The van der Waals surface area contributed by atoms with Gasteiger partial charge in [0.25, 0.3) is 0 Å². The van der Waals surface area contributed by atoms with E-state index in [2.05, 4.69) is 15.3 Å². The second-order valence-electron chi connectivity index (χ2n) is 3.55. The molecule has 4 nitrogen and oxygen atoms in total. The Hall–Kier alpha value is -1.88. The molecule has 5 heteroatoms. The number of carbonyl (C=O) groups is 1. The molecule has 0 radical (unpaired) electrons. The second-order valence-corrected chi connectivity index (χ2v) is 4.50. The van der Waals surface area contributed by atoms with E-state index in [1.807, 2.05) is 24.4 Å².